The number of halogens is 3. The fourth-order valence-electron chi connectivity index (χ4n) is 1.17. The highest BCUT2D eigenvalue weighted by Gasteiger charge is 2.06. The topological polar surface area (TPSA) is 9.23 Å². The number of hydrogen-bond donors (Lipinski definition) is 0. The molecule has 0 aromatic heterocycles. The van der Waals surface area contributed by atoms with Gasteiger partial charge < -0.3 is 4.74 Å². The first-order valence-electron chi connectivity index (χ1n) is 5.20. The first-order chi connectivity index (χ1) is 7.66. The van der Waals surface area contributed by atoms with Gasteiger partial charge in [-0.1, -0.05) is 30.3 Å². The highest BCUT2D eigenvalue weighted by atomic mass is 19.4. The Balaban J connectivity index is 0.000000487. The molecule has 0 amide bonds. The monoisotopic (exact) mass is 232 g/mol. The van der Waals surface area contributed by atoms with Gasteiger partial charge in [0, 0.05) is 13.2 Å². The maximum atomic E-state index is 9.67. The van der Waals surface area contributed by atoms with Crippen LogP contribution in [0.15, 0.2) is 30.3 Å². The number of rotatable bonds is 5. The molecular weight excluding hydrogens is 216 g/mol. The Bertz CT molecular complexity index is 241. The maximum Gasteiger partial charge on any atom is 0.762 e. The van der Waals surface area contributed by atoms with Gasteiger partial charge in [-0.3, -0.25) is 12.9 Å². The molecule has 0 saturated heterocycles. The van der Waals surface area contributed by atoms with E-state index in [1.54, 1.807) is 0 Å². The van der Waals surface area contributed by atoms with Crippen LogP contribution in [-0.2, 0) is 11.2 Å². The van der Waals surface area contributed by atoms with Gasteiger partial charge in [-0.05, 0) is 25.3 Å². The van der Waals surface area contributed by atoms with E-state index in [4.69, 9.17) is 4.74 Å². The summed E-state index contributed by atoms with van der Waals surface area (Å²) in [6.45, 7) is 3.74. The Hall–Kier alpha value is -0.965. The minimum atomic E-state index is -3.67. The highest BCUT2D eigenvalue weighted by molar-refractivity contribution is 6.33. The summed E-state index contributed by atoms with van der Waals surface area (Å²) in [5.74, 6) is 0. The third kappa shape index (κ3) is 11.1. The van der Waals surface area contributed by atoms with Gasteiger partial charge in [0.2, 0.25) is 0 Å². The molecule has 0 unspecified atom stereocenters. The first-order valence-corrected chi connectivity index (χ1v) is 5.20. The van der Waals surface area contributed by atoms with Crippen LogP contribution in [0, 0.1) is 0 Å². The van der Waals surface area contributed by atoms with E-state index in [-0.39, 0.29) is 0 Å². The molecule has 90 valence electrons. The number of ether oxygens (including phenoxy) is 1. The molecule has 0 atom stereocenters. The predicted octanol–water partition coefficient (Wildman–Crippen LogP) is 3.54. The lowest BCUT2D eigenvalue weighted by atomic mass is 10.1. The summed E-state index contributed by atoms with van der Waals surface area (Å²) in [5, 5.41) is 0. The molecule has 0 bridgehead atoms. The molecule has 0 radical (unpaired) electrons. The van der Waals surface area contributed by atoms with Gasteiger partial charge in [0.25, 0.3) is 0 Å². The largest absolute Gasteiger partial charge is 0.762 e. The van der Waals surface area contributed by atoms with Crippen LogP contribution in [0.1, 0.15) is 18.9 Å². The average molecular weight is 232 g/mol. The SMILES string of the molecule is CCOCCCc1ccccc1.FB(F)F. The van der Waals surface area contributed by atoms with E-state index in [1.165, 1.54) is 5.56 Å². The zero-order valence-corrected chi connectivity index (χ0v) is 9.33. The number of hydrogen-bond acceptors (Lipinski definition) is 1. The molecule has 16 heavy (non-hydrogen) atoms. The summed E-state index contributed by atoms with van der Waals surface area (Å²) in [6.07, 6.45) is 2.25. The van der Waals surface area contributed by atoms with Crippen molar-refractivity contribution in [2.45, 2.75) is 19.8 Å². The van der Waals surface area contributed by atoms with Crippen LogP contribution >= 0.6 is 0 Å². The minimum absolute atomic E-state index is 0.828. The second-order valence-corrected chi connectivity index (χ2v) is 3.03. The van der Waals surface area contributed by atoms with Crippen molar-refractivity contribution in [1.29, 1.82) is 0 Å². The van der Waals surface area contributed by atoms with Crippen molar-refractivity contribution >= 4 is 7.54 Å². The summed E-state index contributed by atoms with van der Waals surface area (Å²) in [4.78, 5) is 0. The van der Waals surface area contributed by atoms with Crippen LogP contribution in [0.2, 0.25) is 0 Å². The molecule has 0 aliphatic carbocycles. The van der Waals surface area contributed by atoms with Crippen LogP contribution in [0.4, 0.5) is 12.9 Å². The third-order valence-corrected chi connectivity index (χ3v) is 1.80. The molecule has 0 aliphatic heterocycles. The molecule has 0 saturated carbocycles. The smallest absolute Gasteiger partial charge is 0.382 e. The van der Waals surface area contributed by atoms with E-state index in [0.29, 0.717) is 0 Å². The zero-order valence-electron chi connectivity index (χ0n) is 9.33. The van der Waals surface area contributed by atoms with Crippen LogP contribution in [-0.4, -0.2) is 20.8 Å². The highest BCUT2D eigenvalue weighted by Crippen LogP contribution is 2.01. The maximum absolute atomic E-state index is 9.67. The summed E-state index contributed by atoms with van der Waals surface area (Å²) in [7, 11) is -3.67. The molecule has 1 nitrogen and oxygen atoms in total. The normalized spacial score (nSPS) is 9.25. The van der Waals surface area contributed by atoms with Crippen LogP contribution in [0.3, 0.4) is 0 Å². The Morgan fingerprint density at radius 2 is 1.69 bits per heavy atom. The van der Waals surface area contributed by atoms with Crippen LogP contribution in [0.25, 0.3) is 0 Å². The molecule has 5 heteroatoms. The number of aryl methyl sites for hydroxylation is 1. The van der Waals surface area contributed by atoms with E-state index in [1.807, 2.05) is 13.0 Å². The summed E-state index contributed by atoms with van der Waals surface area (Å²) in [6, 6.07) is 10.5. The Kier molecular flexibility index (Phi) is 9.91. The summed E-state index contributed by atoms with van der Waals surface area (Å²) < 4.78 is 34.3. The van der Waals surface area contributed by atoms with Gasteiger partial charge >= 0.3 is 7.54 Å². The van der Waals surface area contributed by atoms with Gasteiger partial charge in [0.05, 0.1) is 0 Å². The molecule has 0 N–H and O–H groups in total. The van der Waals surface area contributed by atoms with Crippen molar-refractivity contribution in [3.63, 3.8) is 0 Å². The van der Waals surface area contributed by atoms with Crippen LogP contribution in [0.5, 0.6) is 0 Å². The fraction of sp³-hybridized carbons (Fsp3) is 0.455. The van der Waals surface area contributed by atoms with Crippen LogP contribution < -0.4 is 0 Å². The lowest BCUT2D eigenvalue weighted by Crippen LogP contribution is -1.95. The van der Waals surface area contributed by atoms with Crippen molar-refractivity contribution in [1.82, 2.24) is 0 Å². The van der Waals surface area contributed by atoms with Crippen molar-refractivity contribution < 1.29 is 17.7 Å². The van der Waals surface area contributed by atoms with Gasteiger partial charge in [-0.25, -0.2) is 0 Å². The van der Waals surface area contributed by atoms with E-state index >= 15 is 0 Å². The van der Waals surface area contributed by atoms with Crippen molar-refractivity contribution in [2.24, 2.45) is 0 Å². The van der Waals surface area contributed by atoms with E-state index in [2.05, 4.69) is 24.3 Å². The molecule has 1 aromatic carbocycles. The molecule has 0 fully saturated rings. The first kappa shape index (κ1) is 15.0. The molecule has 0 spiro atoms. The Morgan fingerprint density at radius 1 is 1.12 bits per heavy atom. The lowest BCUT2D eigenvalue weighted by Gasteiger charge is -2.00. The molecule has 1 rings (SSSR count). The summed E-state index contributed by atoms with van der Waals surface area (Å²) >= 11 is 0. The Morgan fingerprint density at radius 3 is 2.19 bits per heavy atom. The molecular formula is C11H16BF3O. The van der Waals surface area contributed by atoms with Gasteiger partial charge in [0.1, 0.15) is 0 Å². The standard InChI is InChI=1S/C11H16O.BF3/c1-2-12-10-6-9-11-7-4-3-5-8-11;2-1(3)4/h3-5,7-8H,2,6,9-10H2,1H3;. The van der Waals surface area contributed by atoms with E-state index < -0.39 is 7.54 Å². The second-order valence-electron chi connectivity index (χ2n) is 3.03. The lowest BCUT2D eigenvalue weighted by molar-refractivity contribution is 0.145. The molecule has 0 heterocycles. The Labute approximate surface area is 94.8 Å². The third-order valence-electron chi connectivity index (χ3n) is 1.80. The van der Waals surface area contributed by atoms with Gasteiger partial charge in [0.15, 0.2) is 0 Å². The van der Waals surface area contributed by atoms with Crippen molar-refractivity contribution in [2.75, 3.05) is 13.2 Å². The van der Waals surface area contributed by atoms with E-state index in [0.717, 1.165) is 26.1 Å². The van der Waals surface area contributed by atoms with Gasteiger partial charge in [-0.15, -0.1) is 0 Å². The zero-order chi connectivity index (χ0) is 12.2. The average Bonchev–Trinajstić information content (AvgIpc) is 2.25. The molecule has 0 aliphatic rings. The fourth-order valence-corrected chi connectivity index (χ4v) is 1.17. The van der Waals surface area contributed by atoms with Crippen molar-refractivity contribution in [3.05, 3.63) is 35.9 Å². The van der Waals surface area contributed by atoms with Gasteiger partial charge in [-0.2, -0.15) is 0 Å². The van der Waals surface area contributed by atoms with Crippen molar-refractivity contribution in [3.8, 4) is 0 Å². The number of benzene rings is 1. The molecule has 1 aromatic rings. The van der Waals surface area contributed by atoms with E-state index in [9.17, 15) is 12.9 Å². The minimum Gasteiger partial charge on any atom is -0.382 e. The summed E-state index contributed by atoms with van der Waals surface area (Å²) in [5.41, 5.74) is 1.40. The second kappa shape index (κ2) is 10.5. The predicted molar refractivity (Wildman–Crippen MR) is 60.3 cm³/mol. The quantitative estimate of drug-likeness (QED) is 0.557.